The summed E-state index contributed by atoms with van der Waals surface area (Å²) in [4.78, 5) is 25.1. The molecule has 0 heterocycles. The number of amides is 1. The average Bonchev–Trinajstić information content (AvgIpc) is 2.95. The van der Waals surface area contributed by atoms with Gasteiger partial charge in [0.25, 0.3) is 5.91 Å². The number of nitrogens with one attached hydrogen (secondary N) is 1. The van der Waals surface area contributed by atoms with Crippen molar-refractivity contribution in [1.82, 2.24) is 5.32 Å². The number of benzene rings is 4. The van der Waals surface area contributed by atoms with Gasteiger partial charge in [-0.15, -0.1) is 0 Å². The summed E-state index contributed by atoms with van der Waals surface area (Å²) >= 11 is 1.56. The fourth-order valence-corrected chi connectivity index (χ4v) is 5.02. The standard InChI is InChI=1S/C34H33NO3S/c1-24-10-6-9-15-29(24)31-23-26(17-19-30(31)33(36)35-32(34(37)38)20-21-39-2)16-18-27-13-7-8-14-28(27)22-25-11-4-3-5-12-25/h3-19,23,32H,20-22H2,1-2H3,(H,35,36)(H,37,38)/b18-16+/t32-/m0/s1. The molecule has 198 valence electrons. The van der Waals surface area contributed by atoms with Gasteiger partial charge in [-0.1, -0.05) is 97.1 Å². The Bertz CT molecular complexity index is 1460. The van der Waals surface area contributed by atoms with Gasteiger partial charge in [0, 0.05) is 5.56 Å². The van der Waals surface area contributed by atoms with Crippen molar-refractivity contribution in [3.05, 3.63) is 130 Å². The first-order chi connectivity index (χ1) is 19.0. The molecule has 0 aromatic heterocycles. The third-order valence-corrected chi connectivity index (χ3v) is 7.33. The Morgan fingerprint density at radius 3 is 2.33 bits per heavy atom. The first-order valence-electron chi connectivity index (χ1n) is 13.0. The lowest BCUT2D eigenvalue weighted by atomic mass is 9.93. The number of hydrogen-bond donors (Lipinski definition) is 2. The first-order valence-corrected chi connectivity index (χ1v) is 14.4. The van der Waals surface area contributed by atoms with Crippen LogP contribution >= 0.6 is 11.8 Å². The highest BCUT2D eigenvalue weighted by molar-refractivity contribution is 7.98. The lowest BCUT2D eigenvalue weighted by Gasteiger charge is -2.17. The second-order valence-electron chi connectivity index (χ2n) is 9.46. The van der Waals surface area contributed by atoms with Crippen LogP contribution in [0.2, 0.25) is 0 Å². The van der Waals surface area contributed by atoms with Crippen molar-refractivity contribution < 1.29 is 14.7 Å². The predicted molar refractivity (Wildman–Crippen MR) is 163 cm³/mol. The number of carboxylic acids is 1. The monoisotopic (exact) mass is 535 g/mol. The van der Waals surface area contributed by atoms with E-state index in [9.17, 15) is 14.7 Å². The van der Waals surface area contributed by atoms with Crippen LogP contribution in [0.3, 0.4) is 0 Å². The SMILES string of the molecule is CSCC[C@H](NC(=O)c1ccc(/C=C/c2ccccc2Cc2ccccc2)cc1-c1ccccc1C)C(=O)O. The topological polar surface area (TPSA) is 66.4 Å². The van der Waals surface area contributed by atoms with Crippen molar-refractivity contribution in [3.8, 4) is 11.1 Å². The Balaban J connectivity index is 1.67. The van der Waals surface area contributed by atoms with Gasteiger partial charge in [0.1, 0.15) is 6.04 Å². The molecule has 0 fully saturated rings. The van der Waals surface area contributed by atoms with E-state index in [0.717, 1.165) is 34.2 Å². The summed E-state index contributed by atoms with van der Waals surface area (Å²) in [5.74, 6) is -0.758. The molecule has 1 amide bonds. The van der Waals surface area contributed by atoms with Gasteiger partial charge in [0.2, 0.25) is 0 Å². The van der Waals surface area contributed by atoms with E-state index in [1.165, 1.54) is 11.1 Å². The van der Waals surface area contributed by atoms with Gasteiger partial charge < -0.3 is 10.4 Å². The van der Waals surface area contributed by atoms with E-state index in [4.69, 9.17) is 0 Å². The summed E-state index contributed by atoms with van der Waals surface area (Å²) < 4.78 is 0. The molecule has 4 nitrogen and oxygen atoms in total. The number of carbonyl (C=O) groups is 2. The second kappa shape index (κ2) is 13.6. The Morgan fingerprint density at radius 1 is 0.872 bits per heavy atom. The molecule has 0 radical (unpaired) electrons. The van der Waals surface area contributed by atoms with Gasteiger partial charge in [-0.2, -0.15) is 11.8 Å². The minimum atomic E-state index is -1.02. The summed E-state index contributed by atoms with van der Waals surface area (Å²) in [6.07, 6.45) is 7.30. The van der Waals surface area contributed by atoms with Crippen LogP contribution in [0.1, 0.15) is 44.6 Å². The fraction of sp³-hybridized carbons (Fsp3) is 0.176. The molecule has 4 aromatic carbocycles. The maximum atomic E-state index is 13.3. The molecule has 4 rings (SSSR count). The lowest BCUT2D eigenvalue weighted by Crippen LogP contribution is -2.41. The average molecular weight is 536 g/mol. The van der Waals surface area contributed by atoms with Gasteiger partial charge >= 0.3 is 5.97 Å². The van der Waals surface area contributed by atoms with E-state index in [1.807, 2.05) is 61.7 Å². The van der Waals surface area contributed by atoms with Crippen LogP contribution in [-0.4, -0.2) is 35.0 Å². The normalized spacial score (nSPS) is 11.8. The van der Waals surface area contributed by atoms with Gasteiger partial charge in [0.05, 0.1) is 0 Å². The van der Waals surface area contributed by atoms with Crippen molar-refractivity contribution in [2.75, 3.05) is 12.0 Å². The van der Waals surface area contributed by atoms with E-state index in [0.29, 0.717) is 17.7 Å². The summed E-state index contributed by atoms with van der Waals surface area (Å²) in [5.41, 5.74) is 7.81. The van der Waals surface area contributed by atoms with Crippen molar-refractivity contribution >= 4 is 35.8 Å². The van der Waals surface area contributed by atoms with Crippen LogP contribution in [0, 0.1) is 6.92 Å². The van der Waals surface area contributed by atoms with Gasteiger partial charge in [-0.25, -0.2) is 4.79 Å². The van der Waals surface area contributed by atoms with E-state index >= 15 is 0 Å². The summed E-state index contributed by atoms with van der Waals surface area (Å²) in [7, 11) is 0. The van der Waals surface area contributed by atoms with Crippen LogP contribution in [0.4, 0.5) is 0 Å². The zero-order valence-electron chi connectivity index (χ0n) is 22.3. The van der Waals surface area contributed by atoms with Gasteiger partial charge in [-0.05, 0) is 82.9 Å². The molecular formula is C34H33NO3S. The number of aryl methyl sites for hydroxylation is 1. The molecule has 4 aromatic rings. The molecule has 0 aliphatic carbocycles. The van der Waals surface area contributed by atoms with Crippen LogP contribution in [-0.2, 0) is 11.2 Å². The predicted octanol–water partition coefficient (Wildman–Crippen LogP) is 7.36. The molecule has 0 spiro atoms. The highest BCUT2D eigenvalue weighted by Crippen LogP contribution is 2.29. The fourth-order valence-electron chi connectivity index (χ4n) is 4.55. The Kier molecular flexibility index (Phi) is 9.76. The molecule has 0 aliphatic rings. The number of thioether (sulfide) groups is 1. The van der Waals surface area contributed by atoms with Crippen molar-refractivity contribution in [1.29, 1.82) is 0 Å². The van der Waals surface area contributed by atoms with Crippen molar-refractivity contribution in [2.45, 2.75) is 25.8 Å². The second-order valence-corrected chi connectivity index (χ2v) is 10.4. The van der Waals surface area contributed by atoms with Crippen molar-refractivity contribution in [2.24, 2.45) is 0 Å². The quantitative estimate of drug-likeness (QED) is 0.197. The molecule has 0 unspecified atom stereocenters. The Morgan fingerprint density at radius 2 is 1.59 bits per heavy atom. The molecule has 2 N–H and O–H groups in total. The molecule has 5 heteroatoms. The molecule has 39 heavy (non-hydrogen) atoms. The third kappa shape index (κ3) is 7.49. The number of hydrogen-bond acceptors (Lipinski definition) is 3. The zero-order valence-corrected chi connectivity index (χ0v) is 23.1. The van der Waals surface area contributed by atoms with Crippen LogP contribution < -0.4 is 5.32 Å². The molecule has 0 saturated heterocycles. The highest BCUT2D eigenvalue weighted by atomic mass is 32.2. The first kappa shape index (κ1) is 27.9. The highest BCUT2D eigenvalue weighted by Gasteiger charge is 2.22. The van der Waals surface area contributed by atoms with Gasteiger partial charge in [0.15, 0.2) is 0 Å². The number of carbonyl (C=O) groups excluding carboxylic acids is 1. The van der Waals surface area contributed by atoms with E-state index in [1.54, 1.807) is 17.8 Å². The van der Waals surface area contributed by atoms with Crippen molar-refractivity contribution in [3.63, 3.8) is 0 Å². The van der Waals surface area contributed by atoms with E-state index in [2.05, 4.69) is 59.9 Å². The van der Waals surface area contributed by atoms with E-state index in [-0.39, 0.29) is 5.91 Å². The number of rotatable bonds is 11. The minimum absolute atomic E-state index is 0.366. The summed E-state index contributed by atoms with van der Waals surface area (Å²) in [5, 5.41) is 12.4. The lowest BCUT2D eigenvalue weighted by molar-refractivity contribution is -0.139. The number of carboxylic acid groups (broad SMARTS) is 1. The molecular weight excluding hydrogens is 502 g/mol. The smallest absolute Gasteiger partial charge is 0.326 e. The molecule has 0 bridgehead atoms. The van der Waals surface area contributed by atoms with Crippen LogP contribution in [0.15, 0.2) is 97.1 Å². The summed E-state index contributed by atoms with van der Waals surface area (Å²) in [6, 6.07) is 31.4. The molecule has 0 saturated carbocycles. The zero-order chi connectivity index (χ0) is 27.6. The Labute approximate surface area is 234 Å². The molecule has 0 aliphatic heterocycles. The minimum Gasteiger partial charge on any atom is -0.480 e. The maximum Gasteiger partial charge on any atom is 0.326 e. The van der Waals surface area contributed by atoms with Gasteiger partial charge in [-0.3, -0.25) is 4.79 Å². The summed E-state index contributed by atoms with van der Waals surface area (Å²) in [6.45, 7) is 2.01. The van der Waals surface area contributed by atoms with Crippen LogP contribution in [0.25, 0.3) is 23.3 Å². The number of aliphatic carboxylic acids is 1. The third-order valence-electron chi connectivity index (χ3n) is 6.69. The Hall–Kier alpha value is -4.09. The maximum absolute atomic E-state index is 13.3. The largest absolute Gasteiger partial charge is 0.480 e. The molecule has 1 atom stereocenters. The van der Waals surface area contributed by atoms with Crippen LogP contribution in [0.5, 0.6) is 0 Å². The van der Waals surface area contributed by atoms with E-state index < -0.39 is 12.0 Å².